The normalized spacial score (nSPS) is 10.7. The van der Waals surface area contributed by atoms with E-state index in [0.29, 0.717) is 5.82 Å². The zero-order chi connectivity index (χ0) is 11.5. The second kappa shape index (κ2) is 4.45. The number of rotatable bonds is 3. The average molecular weight is 217 g/mol. The molecule has 1 heterocycles. The monoisotopic (exact) mass is 217 g/mol. The van der Waals surface area contributed by atoms with E-state index in [1.807, 2.05) is 42.7 Å². The van der Waals surface area contributed by atoms with Crippen LogP contribution in [0.5, 0.6) is 0 Å². The van der Waals surface area contributed by atoms with Gasteiger partial charge in [-0.15, -0.1) is 10.2 Å². The molecule has 1 aromatic carbocycles. The molecule has 2 aromatic rings. The van der Waals surface area contributed by atoms with Crippen LogP contribution in [0.3, 0.4) is 0 Å². The van der Waals surface area contributed by atoms with Crippen molar-refractivity contribution in [2.24, 2.45) is 0 Å². The van der Waals surface area contributed by atoms with Crippen LogP contribution < -0.4 is 0 Å². The van der Waals surface area contributed by atoms with Crippen LogP contribution in [0.15, 0.2) is 24.3 Å². The maximum absolute atomic E-state index is 9.16. The van der Waals surface area contributed by atoms with Gasteiger partial charge in [0.25, 0.3) is 0 Å². The Morgan fingerprint density at radius 1 is 1.25 bits per heavy atom. The van der Waals surface area contributed by atoms with Gasteiger partial charge in [-0.25, -0.2) is 0 Å². The number of aliphatic hydroxyl groups is 1. The van der Waals surface area contributed by atoms with E-state index in [1.54, 1.807) is 0 Å². The summed E-state index contributed by atoms with van der Waals surface area (Å²) in [6.45, 7) is 4.74. The zero-order valence-corrected chi connectivity index (χ0v) is 9.51. The molecule has 4 heteroatoms. The quantitative estimate of drug-likeness (QED) is 0.852. The fourth-order valence-corrected chi connectivity index (χ4v) is 1.81. The average Bonchev–Trinajstić information content (AvgIpc) is 2.72. The van der Waals surface area contributed by atoms with Gasteiger partial charge < -0.3 is 9.67 Å². The van der Waals surface area contributed by atoms with Crippen molar-refractivity contribution < 1.29 is 5.11 Å². The van der Waals surface area contributed by atoms with Gasteiger partial charge in [0, 0.05) is 12.1 Å². The molecule has 1 N–H and O–H groups in total. The van der Waals surface area contributed by atoms with Crippen LogP contribution >= 0.6 is 0 Å². The van der Waals surface area contributed by atoms with Gasteiger partial charge in [0.15, 0.2) is 11.6 Å². The lowest BCUT2D eigenvalue weighted by molar-refractivity contribution is 0.265. The van der Waals surface area contributed by atoms with E-state index >= 15 is 0 Å². The molecule has 84 valence electrons. The number of aromatic nitrogens is 3. The summed E-state index contributed by atoms with van der Waals surface area (Å²) in [7, 11) is 0. The fourth-order valence-electron chi connectivity index (χ4n) is 1.81. The summed E-state index contributed by atoms with van der Waals surface area (Å²) < 4.78 is 1.93. The van der Waals surface area contributed by atoms with E-state index in [2.05, 4.69) is 10.2 Å². The van der Waals surface area contributed by atoms with Crippen LogP contribution in [0.4, 0.5) is 0 Å². The Bertz CT molecular complexity index is 491. The second-order valence-electron chi connectivity index (χ2n) is 3.66. The molecule has 0 saturated carbocycles. The number of hydrogen-bond acceptors (Lipinski definition) is 3. The van der Waals surface area contributed by atoms with E-state index in [9.17, 15) is 0 Å². The molecular formula is C12H15N3O. The lowest BCUT2D eigenvalue weighted by Crippen LogP contribution is -2.03. The van der Waals surface area contributed by atoms with Gasteiger partial charge in [-0.1, -0.05) is 24.3 Å². The summed E-state index contributed by atoms with van der Waals surface area (Å²) in [5, 5.41) is 17.3. The molecule has 0 aliphatic rings. The molecule has 2 rings (SSSR count). The Morgan fingerprint density at radius 3 is 2.62 bits per heavy atom. The molecule has 0 unspecified atom stereocenters. The number of aliphatic hydroxyl groups excluding tert-OH is 1. The molecule has 0 aliphatic carbocycles. The maximum Gasteiger partial charge on any atom is 0.164 e. The molecule has 0 radical (unpaired) electrons. The number of hydrogen-bond donors (Lipinski definition) is 1. The highest BCUT2D eigenvalue weighted by atomic mass is 16.3. The highest BCUT2D eigenvalue weighted by molar-refractivity contribution is 5.60. The highest BCUT2D eigenvalue weighted by Crippen LogP contribution is 2.21. The van der Waals surface area contributed by atoms with Gasteiger partial charge in [0.05, 0.1) is 0 Å². The Balaban J connectivity index is 2.56. The minimum absolute atomic E-state index is 0.0767. The van der Waals surface area contributed by atoms with Crippen molar-refractivity contribution in [1.82, 2.24) is 14.8 Å². The Hall–Kier alpha value is -1.68. The third-order valence-electron chi connectivity index (χ3n) is 2.67. The van der Waals surface area contributed by atoms with Crippen molar-refractivity contribution in [3.05, 3.63) is 35.7 Å². The highest BCUT2D eigenvalue weighted by Gasteiger charge is 2.12. The van der Waals surface area contributed by atoms with Crippen molar-refractivity contribution in [2.45, 2.75) is 27.0 Å². The van der Waals surface area contributed by atoms with Crippen molar-refractivity contribution in [3.63, 3.8) is 0 Å². The van der Waals surface area contributed by atoms with Crippen LogP contribution in [0.2, 0.25) is 0 Å². The first-order valence-corrected chi connectivity index (χ1v) is 5.36. The Morgan fingerprint density at radius 2 is 2.00 bits per heavy atom. The Kier molecular flexibility index (Phi) is 3.01. The molecule has 0 fully saturated rings. The summed E-state index contributed by atoms with van der Waals surface area (Å²) >= 11 is 0. The SMILES string of the molecule is CCn1c(CO)nnc1-c1ccccc1C. The molecule has 0 aliphatic heterocycles. The van der Waals surface area contributed by atoms with Crippen LogP contribution in [-0.4, -0.2) is 19.9 Å². The third-order valence-corrected chi connectivity index (χ3v) is 2.67. The molecule has 0 saturated heterocycles. The smallest absolute Gasteiger partial charge is 0.164 e. The predicted molar refractivity (Wildman–Crippen MR) is 61.8 cm³/mol. The largest absolute Gasteiger partial charge is 0.388 e. The third kappa shape index (κ3) is 1.72. The van der Waals surface area contributed by atoms with E-state index < -0.39 is 0 Å². The van der Waals surface area contributed by atoms with Gasteiger partial charge >= 0.3 is 0 Å². The van der Waals surface area contributed by atoms with Gasteiger partial charge in [-0.2, -0.15) is 0 Å². The van der Waals surface area contributed by atoms with Crippen LogP contribution in [-0.2, 0) is 13.2 Å². The molecule has 4 nitrogen and oxygen atoms in total. The van der Waals surface area contributed by atoms with Gasteiger partial charge in [0.1, 0.15) is 6.61 Å². The summed E-state index contributed by atoms with van der Waals surface area (Å²) in [6.07, 6.45) is 0. The molecule has 0 atom stereocenters. The minimum atomic E-state index is -0.0767. The van der Waals surface area contributed by atoms with E-state index in [0.717, 1.165) is 23.5 Å². The van der Waals surface area contributed by atoms with E-state index in [1.165, 1.54) is 0 Å². The summed E-state index contributed by atoms with van der Waals surface area (Å²) in [4.78, 5) is 0. The van der Waals surface area contributed by atoms with Crippen molar-refractivity contribution >= 4 is 0 Å². The minimum Gasteiger partial charge on any atom is -0.388 e. The lowest BCUT2D eigenvalue weighted by atomic mass is 10.1. The molecule has 16 heavy (non-hydrogen) atoms. The summed E-state index contributed by atoms with van der Waals surface area (Å²) in [5.74, 6) is 1.44. The standard InChI is InChI=1S/C12H15N3O/c1-3-15-11(8-16)13-14-12(15)10-7-5-4-6-9(10)2/h4-7,16H,3,8H2,1-2H3. The van der Waals surface area contributed by atoms with Crippen LogP contribution in [0.25, 0.3) is 11.4 Å². The summed E-state index contributed by atoms with van der Waals surface area (Å²) in [5.41, 5.74) is 2.23. The molecule has 0 amide bonds. The van der Waals surface area contributed by atoms with E-state index in [-0.39, 0.29) is 6.61 Å². The van der Waals surface area contributed by atoms with E-state index in [4.69, 9.17) is 5.11 Å². The van der Waals surface area contributed by atoms with Crippen molar-refractivity contribution in [2.75, 3.05) is 0 Å². The van der Waals surface area contributed by atoms with Crippen molar-refractivity contribution in [3.8, 4) is 11.4 Å². The van der Waals surface area contributed by atoms with Crippen LogP contribution in [0.1, 0.15) is 18.3 Å². The van der Waals surface area contributed by atoms with Crippen molar-refractivity contribution in [1.29, 1.82) is 0 Å². The van der Waals surface area contributed by atoms with Gasteiger partial charge in [0.2, 0.25) is 0 Å². The number of aryl methyl sites for hydroxylation is 1. The molecule has 0 bridgehead atoms. The number of nitrogens with zero attached hydrogens (tertiary/aromatic N) is 3. The predicted octanol–water partition coefficient (Wildman–Crippen LogP) is 1.77. The lowest BCUT2D eigenvalue weighted by Gasteiger charge is -2.07. The molecule has 0 spiro atoms. The second-order valence-corrected chi connectivity index (χ2v) is 3.66. The first-order valence-electron chi connectivity index (χ1n) is 5.36. The van der Waals surface area contributed by atoms with Gasteiger partial charge in [-0.3, -0.25) is 0 Å². The topological polar surface area (TPSA) is 50.9 Å². The maximum atomic E-state index is 9.16. The molecular weight excluding hydrogens is 202 g/mol. The zero-order valence-electron chi connectivity index (χ0n) is 9.51. The first-order chi connectivity index (χ1) is 7.77. The fraction of sp³-hybridized carbons (Fsp3) is 0.333. The van der Waals surface area contributed by atoms with Gasteiger partial charge in [-0.05, 0) is 19.4 Å². The number of benzene rings is 1. The summed E-state index contributed by atoms with van der Waals surface area (Å²) in [6, 6.07) is 8.05. The Labute approximate surface area is 94.6 Å². The molecule has 1 aromatic heterocycles. The van der Waals surface area contributed by atoms with Crippen LogP contribution in [0, 0.1) is 6.92 Å². The first kappa shape index (κ1) is 10.8.